The maximum Gasteiger partial charge on any atom is 0.174 e. The fraction of sp³-hybridized carbons (Fsp3) is 0.333. The average Bonchev–Trinajstić information content (AvgIpc) is 2.84. The summed E-state index contributed by atoms with van der Waals surface area (Å²) in [4.78, 5) is 1.35. The van der Waals surface area contributed by atoms with Gasteiger partial charge in [0.2, 0.25) is 0 Å². The van der Waals surface area contributed by atoms with Gasteiger partial charge >= 0.3 is 0 Å². The summed E-state index contributed by atoms with van der Waals surface area (Å²) >= 11 is 5.22. The molecule has 86 valence electrons. The molecule has 0 aliphatic heterocycles. The molecule has 16 heavy (non-hydrogen) atoms. The second-order valence-electron chi connectivity index (χ2n) is 3.57. The van der Waals surface area contributed by atoms with Crippen LogP contribution < -0.4 is 5.32 Å². The van der Waals surface area contributed by atoms with Crippen molar-refractivity contribution in [3.63, 3.8) is 0 Å². The van der Waals surface area contributed by atoms with E-state index in [0.29, 0.717) is 0 Å². The predicted octanol–water partition coefficient (Wildman–Crippen LogP) is 4.11. The molecule has 0 aliphatic carbocycles. The first kappa shape index (κ1) is 11.9. The second-order valence-corrected chi connectivity index (χ2v) is 5.41. The molecule has 0 aromatic carbocycles. The predicted molar refractivity (Wildman–Crippen MR) is 71.0 cm³/mol. The minimum atomic E-state index is 0.212. The summed E-state index contributed by atoms with van der Waals surface area (Å²) in [5, 5.41) is 5.61. The molecule has 0 saturated carbocycles. The van der Waals surface area contributed by atoms with Gasteiger partial charge in [0.1, 0.15) is 0 Å². The van der Waals surface area contributed by atoms with Gasteiger partial charge in [-0.2, -0.15) is 0 Å². The largest absolute Gasteiger partial charge is 0.457 e. The number of hydrogen-bond acceptors (Lipinski definition) is 3. The summed E-state index contributed by atoms with van der Waals surface area (Å²) in [7, 11) is 0. The number of rotatable bonds is 4. The molecule has 0 amide bonds. The van der Waals surface area contributed by atoms with Crippen LogP contribution in [-0.2, 0) is 0 Å². The van der Waals surface area contributed by atoms with Crippen LogP contribution in [0.4, 0.5) is 0 Å². The lowest BCUT2D eigenvalue weighted by atomic mass is 10.0. The Morgan fingerprint density at radius 2 is 2.25 bits per heavy atom. The van der Waals surface area contributed by atoms with Gasteiger partial charge in [-0.05, 0) is 52.5 Å². The van der Waals surface area contributed by atoms with Crippen molar-refractivity contribution in [2.24, 2.45) is 0 Å². The van der Waals surface area contributed by atoms with Gasteiger partial charge in [0, 0.05) is 10.4 Å². The van der Waals surface area contributed by atoms with Gasteiger partial charge in [-0.1, -0.05) is 6.92 Å². The fourth-order valence-corrected chi connectivity index (χ4v) is 3.01. The van der Waals surface area contributed by atoms with Crippen molar-refractivity contribution in [2.75, 3.05) is 6.54 Å². The molecule has 0 saturated heterocycles. The lowest BCUT2D eigenvalue weighted by molar-refractivity contribution is 0.526. The van der Waals surface area contributed by atoms with Gasteiger partial charge in [-0.15, -0.1) is 11.3 Å². The first-order chi connectivity index (χ1) is 7.74. The van der Waals surface area contributed by atoms with E-state index >= 15 is 0 Å². The minimum Gasteiger partial charge on any atom is -0.457 e. The van der Waals surface area contributed by atoms with Gasteiger partial charge in [-0.25, -0.2) is 0 Å². The first-order valence-corrected chi connectivity index (χ1v) is 6.91. The van der Waals surface area contributed by atoms with Gasteiger partial charge in [-0.3, -0.25) is 0 Å². The molecule has 2 rings (SSSR count). The van der Waals surface area contributed by atoms with E-state index in [4.69, 9.17) is 4.42 Å². The van der Waals surface area contributed by atoms with Crippen molar-refractivity contribution in [1.29, 1.82) is 0 Å². The first-order valence-electron chi connectivity index (χ1n) is 5.24. The van der Waals surface area contributed by atoms with Crippen LogP contribution in [0.3, 0.4) is 0 Å². The van der Waals surface area contributed by atoms with E-state index in [9.17, 15) is 0 Å². The highest BCUT2D eigenvalue weighted by Gasteiger charge is 2.19. The summed E-state index contributed by atoms with van der Waals surface area (Å²) < 4.78 is 6.12. The van der Waals surface area contributed by atoms with E-state index < -0.39 is 0 Å². The maximum atomic E-state index is 5.31. The molecule has 0 spiro atoms. The summed E-state index contributed by atoms with van der Waals surface area (Å²) in [5.74, 6) is 0. The number of furan rings is 1. The molecule has 2 heterocycles. The Hall–Kier alpha value is -0.580. The van der Waals surface area contributed by atoms with Crippen LogP contribution in [0.25, 0.3) is 0 Å². The van der Waals surface area contributed by atoms with Crippen LogP contribution in [0, 0.1) is 6.92 Å². The van der Waals surface area contributed by atoms with Crippen molar-refractivity contribution < 1.29 is 4.42 Å². The molecule has 0 radical (unpaired) electrons. The summed E-state index contributed by atoms with van der Waals surface area (Å²) in [6.07, 6.45) is 1.71. The Balaban J connectivity index is 2.39. The molecule has 2 nitrogen and oxygen atoms in total. The molecule has 4 heteroatoms. The molecule has 1 unspecified atom stereocenters. The molecule has 0 fully saturated rings. The third-order valence-corrected chi connectivity index (χ3v) is 4.08. The zero-order valence-corrected chi connectivity index (χ0v) is 11.7. The molecular formula is C12H14BrNOS. The number of thiophene rings is 1. The Bertz CT molecular complexity index is 423. The number of halogens is 1. The summed E-state index contributed by atoms with van der Waals surface area (Å²) in [6, 6.07) is 4.39. The van der Waals surface area contributed by atoms with Crippen LogP contribution in [-0.4, -0.2) is 6.54 Å². The van der Waals surface area contributed by atoms with Crippen molar-refractivity contribution in [3.8, 4) is 0 Å². The second kappa shape index (κ2) is 5.17. The smallest absolute Gasteiger partial charge is 0.174 e. The lowest BCUT2D eigenvalue weighted by Gasteiger charge is -2.17. The van der Waals surface area contributed by atoms with Crippen molar-refractivity contribution >= 4 is 27.3 Å². The van der Waals surface area contributed by atoms with Gasteiger partial charge in [0.05, 0.1) is 12.3 Å². The highest BCUT2D eigenvalue weighted by molar-refractivity contribution is 9.10. The molecule has 0 aliphatic rings. The number of nitrogens with one attached hydrogen (secondary N) is 1. The lowest BCUT2D eigenvalue weighted by Crippen LogP contribution is -2.21. The highest BCUT2D eigenvalue weighted by atomic mass is 79.9. The highest BCUT2D eigenvalue weighted by Crippen LogP contribution is 2.32. The fourth-order valence-electron chi connectivity index (χ4n) is 1.80. The Morgan fingerprint density at radius 1 is 1.44 bits per heavy atom. The number of hydrogen-bond donors (Lipinski definition) is 1. The molecule has 1 atom stereocenters. The van der Waals surface area contributed by atoms with E-state index in [1.807, 2.05) is 6.07 Å². The van der Waals surface area contributed by atoms with E-state index in [0.717, 1.165) is 16.8 Å². The molecule has 0 bridgehead atoms. The van der Waals surface area contributed by atoms with Crippen molar-refractivity contribution in [2.45, 2.75) is 19.9 Å². The third-order valence-electron chi connectivity index (χ3n) is 2.58. The van der Waals surface area contributed by atoms with E-state index in [2.05, 4.69) is 46.5 Å². The van der Waals surface area contributed by atoms with Crippen LogP contribution in [0.2, 0.25) is 0 Å². The van der Waals surface area contributed by atoms with Crippen LogP contribution in [0.1, 0.15) is 29.0 Å². The van der Waals surface area contributed by atoms with Crippen molar-refractivity contribution in [3.05, 3.63) is 44.4 Å². The maximum absolute atomic E-state index is 5.31. The van der Waals surface area contributed by atoms with Gasteiger partial charge < -0.3 is 9.73 Å². The zero-order valence-electron chi connectivity index (χ0n) is 9.29. The monoisotopic (exact) mass is 299 g/mol. The summed E-state index contributed by atoms with van der Waals surface area (Å²) in [6.45, 7) is 5.19. The minimum absolute atomic E-state index is 0.212. The number of aryl methyl sites for hydroxylation is 1. The standard InChI is InChI=1S/C12H14BrNOS/c1-3-14-11(9-5-7-16-8(9)2)10-4-6-15-12(10)13/h4-7,11,14H,3H2,1-2H3. The average molecular weight is 300 g/mol. The van der Waals surface area contributed by atoms with Crippen LogP contribution >= 0.6 is 27.3 Å². The van der Waals surface area contributed by atoms with E-state index in [1.165, 1.54) is 10.4 Å². The van der Waals surface area contributed by atoms with E-state index in [1.54, 1.807) is 17.6 Å². The zero-order chi connectivity index (χ0) is 11.5. The summed E-state index contributed by atoms with van der Waals surface area (Å²) in [5.41, 5.74) is 2.48. The Kier molecular flexibility index (Phi) is 3.84. The Morgan fingerprint density at radius 3 is 2.75 bits per heavy atom. The molecule has 2 aromatic rings. The SMILES string of the molecule is CCNC(c1ccoc1Br)c1ccsc1C. The van der Waals surface area contributed by atoms with Gasteiger partial charge in [0.15, 0.2) is 4.67 Å². The van der Waals surface area contributed by atoms with E-state index in [-0.39, 0.29) is 6.04 Å². The normalized spacial score (nSPS) is 12.9. The van der Waals surface area contributed by atoms with Crippen LogP contribution in [0.5, 0.6) is 0 Å². The topological polar surface area (TPSA) is 25.2 Å². The van der Waals surface area contributed by atoms with Crippen molar-refractivity contribution in [1.82, 2.24) is 5.32 Å². The quantitative estimate of drug-likeness (QED) is 0.919. The molecule has 2 aromatic heterocycles. The van der Waals surface area contributed by atoms with Gasteiger partial charge in [0.25, 0.3) is 0 Å². The Labute approximate surface area is 108 Å². The van der Waals surface area contributed by atoms with Crippen LogP contribution in [0.15, 0.2) is 32.9 Å². The molecular weight excluding hydrogens is 286 g/mol. The third kappa shape index (κ3) is 2.24. The molecule has 1 N–H and O–H groups in total.